The van der Waals surface area contributed by atoms with Crippen molar-refractivity contribution in [2.75, 3.05) is 0 Å². The van der Waals surface area contributed by atoms with Gasteiger partial charge < -0.3 is 24.0 Å². The molecule has 0 atom stereocenters. The van der Waals surface area contributed by atoms with Gasteiger partial charge in [-0.2, -0.15) is 22.9 Å². The van der Waals surface area contributed by atoms with Crippen molar-refractivity contribution < 1.29 is 51.0 Å². The summed E-state index contributed by atoms with van der Waals surface area (Å²) >= 11 is 0. The number of nitrogens with zero attached hydrogens (tertiary/aromatic N) is 6. The molecule has 4 aromatic heterocycles. The van der Waals surface area contributed by atoms with Gasteiger partial charge in [-0.05, 0) is 45.8 Å². The minimum atomic E-state index is 0. The Hall–Kier alpha value is -6.62. The van der Waals surface area contributed by atoms with E-state index in [4.69, 9.17) is 9.47 Å². The van der Waals surface area contributed by atoms with Gasteiger partial charge in [0.2, 0.25) is 5.95 Å². The van der Waals surface area contributed by atoms with Gasteiger partial charge in [-0.15, -0.1) is 71.8 Å². The number of aromatic nitrogens is 6. The van der Waals surface area contributed by atoms with Gasteiger partial charge in [0, 0.05) is 35.4 Å². The Morgan fingerprint density at radius 3 is 1.36 bits per heavy atom. The van der Waals surface area contributed by atoms with E-state index < -0.39 is 0 Å². The molecule has 0 unspecified atom stereocenters. The van der Waals surface area contributed by atoms with E-state index in [0.717, 1.165) is 55.5 Å². The van der Waals surface area contributed by atoms with Gasteiger partial charge in [0.05, 0.1) is 0 Å². The molecule has 0 aliphatic carbocycles. The Labute approximate surface area is 368 Å². The van der Waals surface area contributed by atoms with Crippen LogP contribution in [-0.4, -0.2) is 29.5 Å². The average molecular weight is 1030 g/mol. The molecule has 0 radical (unpaired) electrons. The molecule has 0 spiro atoms. The summed E-state index contributed by atoms with van der Waals surface area (Å²) in [6.07, 6.45) is 6.55. The molecule has 0 saturated carbocycles. The zero-order chi connectivity index (χ0) is 38.0. The maximum Gasteiger partial charge on any atom is 2.00 e. The molecule has 10 heteroatoms. The van der Waals surface area contributed by atoms with Crippen molar-refractivity contribution in [1.82, 2.24) is 29.5 Å². The number of fused-ring (bicyclic) bond motifs is 3. The Bertz CT molecular complexity index is 2850. The third-order valence-corrected chi connectivity index (χ3v) is 9.48. The largest absolute Gasteiger partial charge is 2.00 e. The third-order valence-electron chi connectivity index (χ3n) is 9.48. The van der Waals surface area contributed by atoms with Crippen LogP contribution in [0.5, 0.6) is 23.0 Å². The van der Waals surface area contributed by atoms with E-state index in [0.29, 0.717) is 40.0 Å². The average Bonchev–Trinajstić information content (AvgIpc) is 3.60. The molecule has 0 fully saturated rings. The van der Waals surface area contributed by atoms with Crippen molar-refractivity contribution in [3.05, 3.63) is 195 Å². The van der Waals surface area contributed by atoms with Gasteiger partial charge in [0.1, 0.15) is 12.7 Å². The summed E-state index contributed by atoms with van der Waals surface area (Å²) in [5.41, 5.74) is 9.00. The van der Waals surface area contributed by atoms with E-state index in [1.165, 1.54) is 12.7 Å². The fourth-order valence-electron chi connectivity index (χ4n) is 6.82. The summed E-state index contributed by atoms with van der Waals surface area (Å²) in [5.74, 6) is 2.45. The monoisotopic (exact) mass is 1030 g/mol. The fraction of sp³-hybridized carbons (Fsp3) is 0. The van der Waals surface area contributed by atoms with Crippen molar-refractivity contribution in [1.29, 1.82) is 0 Å². The molecule has 8 nitrogen and oxygen atoms in total. The molecule has 10 rings (SSSR count). The molecule has 286 valence electrons. The molecule has 0 bridgehead atoms. The molecule has 4 heterocycles. The van der Waals surface area contributed by atoms with Crippen LogP contribution in [-0.2, 0) is 41.5 Å². The molecular formula is C49H28N6O2PdPt. The van der Waals surface area contributed by atoms with Crippen molar-refractivity contribution in [2.24, 2.45) is 0 Å². The molecule has 0 aliphatic heterocycles. The Morgan fingerprint density at radius 2 is 0.881 bits per heavy atom. The molecule has 0 saturated heterocycles. The van der Waals surface area contributed by atoms with Crippen LogP contribution < -0.4 is 9.47 Å². The van der Waals surface area contributed by atoms with Crippen LogP contribution in [0.3, 0.4) is 0 Å². The molecule has 0 aliphatic rings. The van der Waals surface area contributed by atoms with E-state index in [-0.39, 0.29) is 41.5 Å². The predicted octanol–water partition coefficient (Wildman–Crippen LogP) is 11.2. The second-order valence-electron chi connectivity index (χ2n) is 13.1. The van der Waals surface area contributed by atoms with Gasteiger partial charge in [0.15, 0.2) is 0 Å². The van der Waals surface area contributed by atoms with Crippen LogP contribution in [0.1, 0.15) is 0 Å². The maximum absolute atomic E-state index is 6.38. The topological polar surface area (TPSA) is 87.8 Å². The second-order valence-corrected chi connectivity index (χ2v) is 13.1. The molecule has 59 heavy (non-hydrogen) atoms. The zero-order valence-corrected chi connectivity index (χ0v) is 34.6. The fourth-order valence-corrected chi connectivity index (χ4v) is 6.82. The molecule has 6 aromatic carbocycles. The normalized spacial score (nSPS) is 10.8. The van der Waals surface area contributed by atoms with Gasteiger partial charge in [-0.1, -0.05) is 96.0 Å². The summed E-state index contributed by atoms with van der Waals surface area (Å²) in [5, 5.41) is 1.83. The molecular weight excluding hydrogens is 1010 g/mol. The zero-order valence-electron chi connectivity index (χ0n) is 30.8. The van der Waals surface area contributed by atoms with Crippen molar-refractivity contribution >= 4 is 21.8 Å². The number of hydrogen-bond acceptors (Lipinski definition) is 7. The smallest absolute Gasteiger partial charge is 0.503 e. The molecule has 0 amide bonds. The first kappa shape index (κ1) is 39.2. The Kier molecular flexibility index (Phi) is 11.6. The molecule has 10 aromatic rings. The van der Waals surface area contributed by atoms with Gasteiger partial charge in [-0.3, -0.25) is 0 Å². The van der Waals surface area contributed by atoms with E-state index in [2.05, 4.69) is 85.6 Å². The first-order valence-electron chi connectivity index (χ1n) is 18.2. The number of benzene rings is 6. The van der Waals surface area contributed by atoms with Crippen LogP contribution in [0.25, 0.3) is 72.5 Å². The van der Waals surface area contributed by atoms with Gasteiger partial charge in [0.25, 0.3) is 0 Å². The van der Waals surface area contributed by atoms with E-state index >= 15 is 0 Å². The number of pyridine rings is 2. The summed E-state index contributed by atoms with van der Waals surface area (Å²) in [6, 6.07) is 61.6. The van der Waals surface area contributed by atoms with Crippen molar-refractivity contribution in [3.63, 3.8) is 0 Å². The summed E-state index contributed by atoms with van der Waals surface area (Å²) in [6.45, 7) is 0. The van der Waals surface area contributed by atoms with E-state index in [1.54, 1.807) is 0 Å². The van der Waals surface area contributed by atoms with Crippen LogP contribution in [0.2, 0.25) is 0 Å². The van der Waals surface area contributed by atoms with Crippen LogP contribution in [0.4, 0.5) is 0 Å². The van der Waals surface area contributed by atoms with Crippen LogP contribution in [0.15, 0.2) is 171 Å². The third kappa shape index (κ3) is 8.23. The van der Waals surface area contributed by atoms with E-state index in [9.17, 15) is 0 Å². The first-order chi connectivity index (χ1) is 28.2. The predicted molar refractivity (Wildman–Crippen MR) is 220 cm³/mol. The van der Waals surface area contributed by atoms with E-state index in [1.807, 2.05) is 126 Å². The number of rotatable bonds is 9. The quantitative estimate of drug-likeness (QED) is 0.105. The standard InChI is InChI=1S/C49H28N6O2.Pd.Pt/c1-3-9-33(10-4-1)35-21-23-51-45(27-35)37-13-7-15-39(25-37)56-41-17-19-43-44-20-18-42(30-48(44)55(47(43)29-41)49-53-31-50-32-54-49)57-40-16-8-14-38(26-40)46-28-36(22-24-52-46)34-11-5-2-6-12-34;;/h1-24,27-28,31-32H;;/q-4;2*+2. The SMILES string of the molecule is [Pd+2].[Pt+2].[c-]1c(Oc2[c-]c3c(cc2)c2ccc(Oc4[c-]c(-c5cc(-c6ccccc6)ccn5)ccc4)[c-]c2n3-c2ncncn2)cccc1-c1cc(-c2ccccc2)ccn1. The maximum atomic E-state index is 6.38. The summed E-state index contributed by atoms with van der Waals surface area (Å²) in [4.78, 5) is 22.3. The number of ether oxygens (including phenoxy) is 2. The minimum Gasteiger partial charge on any atom is -0.503 e. The second kappa shape index (κ2) is 17.5. The molecule has 0 N–H and O–H groups in total. The van der Waals surface area contributed by atoms with Crippen LogP contribution in [0, 0.1) is 24.3 Å². The summed E-state index contributed by atoms with van der Waals surface area (Å²) < 4.78 is 14.6. The number of hydrogen-bond donors (Lipinski definition) is 0. The minimum absolute atomic E-state index is 0. The Balaban J connectivity index is 0.00000242. The van der Waals surface area contributed by atoms with Gasteiger partial charge in [-0.25, -0.2) is 15.0 Å². The van der Waals surface area contributed by atoms with Gasteiger partial charge >= 0.3 is 41.5 Å². The van der Waals surface area contributed by atoms with Crippen molar-refractivity contribution in [3.8, 4) is 73.7 Å². The van der Waals surface area contributed by atoms with Crippen molar-refractivity contribution in [2.45, 2.75) is 0 Å². The summed E-state index contributed by atoms with van der Waals surface area (Å²) in [7, 11) is 0. The van der Waals surface area contributed by atoms with Crippen LogP contribution >= 0.6 is 0 Å². The first-order valence-corrected chi connectivity index (χ1v) is 18.2. The Morgan fingerprint density at radius 1 is 0.424 bits per heavy atom.